The zero-order valence-corrected chi connectivity index (χ0v) is 18.0. The van der Waals surface area contributed by atoms with E-state index in [4.69, 9.17) is 9.47 Å². The normalized spacial score (nSPS) is 10.6. The van der Waals surface area contributed by atoms with Crippen molar-refractivity contribution in [3.63, 3.8) is 0 Å². The molecule has 0 unspecified atom stereocenters. The number of nitrogens with zero attached hydrogens (tertiary/aromatic N) is 1. The number of aryl methyl sites for hydroxylation is 1. The molecule has 0 heterocycles. The molecular formula is C25H25N3O4. The number of benzene rings is 3. The quantitative estimate of drug-likeness (QED) is 0.304. The molecule has 0 saturated heterocycles. The summed E-state index contributed by atoms with van der Waals surface area (Å²) in [7, 11) is 1.63. The third-order valence-electron chi connectivity index (χ3n) is 4.50. The van der Waals surface area contributed by atoms with Gasteiger partial charge in [-0.1, -0.05) is 29.8 Å². The Hall–Kier alpha value is -4.13. The van der Waals surface area contributed by atoms with Crippen LogP contribution in [-0.2, 0) is 16.2 Å². The molecule has 0 saturated carbocycles. The molecule has 0 atom stereocenters. The molecule has 164 valence electrons. The number of nitrogens with one attached hydrogen (secondary N) is 2. The molecule has 0 spiro atoms. The SMILES string of the molecule is COc1ccc(COc2ccc(C=NNC(=O)CC(=O)Nc3ccc(C)cc3)cc2)cc1. The van der Waals surface area contributed by atoms with Crippen LogP contribution in [0.2, 0.25) is 0 Å². The summed E-state index contributed by atoms with van der Waals surface area (Å²) in [5, 5.41) is 6.57. The summed E-state index contributed by atoms with van der Waals surface area (Å²) in [5.41, 5.74) is 5.91. The number of rotatable bonds is 9. The highest BCUT2D eigenvalue weighted by molar-refractivity contribution is 6.03. The molecule has 0 aliphatic heterocycles. The fourth-order valence-corrected chi connectivity index (χ4v) is 2.74. The number of ether oxygens (including phenoxy) is 2. The second-order valence-electron chi connectivity index (χ2n) is 7.09. The number of hydrogen-bond acceptors (Lipinski definition) is 5. The van der Waals surface area contributed by atoms with Gasteiger partial charge >= 0.3 is 0 Å². The fraction of sp³-hybridized carbons (Fsp3) is 0.160. The van der Waals surface area contributed by atoms with Crippen LogP contribution >= 0.6 is 0 Å². The Kier molecular flexibility index (Phi) is 7.97. The number of methoxy groups -OCH3 is 1. The average Bonchev–Trinajstić information content (AvgIpc) is 2.80. The number of carbonyl (C=O) groups is 2. The van der Waals surface area contributed by atoms with Crippen molar-refractivity contribution in [3.05, 3.63) is 89.5 Å². The second kappa shape index (κ2) is 11.3. The van der Waals surface area contributed by atoms with E-state index in [2.05, 4.69) is 15.8 Å². The van der Waals surface area contributed by atoms with Crippen molar-refractivity contribution < 1.29 is 19.1 Å². The van der Waals surface area contributed by atoms with Crippen molar-refractivity contribution in [1.29, 1.82) is 0 Å². The second-order valence-corrected chi connectivity index (χ2v) is 7.09. The molecule has 32 heavy (non-hydrogen) atoms. The summed E-state index contributed by atoms with van der Waals surface area (Å²) in [6.07, 6.45) is 1.19. The molecule has 2 N–H and O–H groups in total. The van der Waals surface area contributed by atoms with Crippen molar-refractivity contribution in [2.24, 2.45) is 5.10 Å². The fourth-order valence-electron chi connectivity index (χ4n) is 2.74. The molecule has 3 rings (SSSR count). The summed E-state index contributed by atoms with van der Waals surface area (Å²) in [6.45, 7) is 2.40. The minimum atomic E-state index is -0.495. The van der Waals surface area contributed by atoms with Gasteiger partial charge in [0.15, 0.2) is 0 Å². The first-order valence-electron chi connectivity index (χ1n) is 10.1. The number of anilines is 1. The Balaban J connectivity index is 1.41. The van der Waals surface area contributed by atoms with E-state index in [0.717, 1.165) is 28.2 Å². The van der Waals surface area contributed by atoms with Gasteiger partial charge in [0.05, 0.1) is 13.3 Å². The van der Waals surface area contributed by atoms with Crippen LogP contribution in [0.3, 0.4) is 0 Å². The first-order chi connectivity index (χ1) is 15.5. The van der Waals surface area contributed by atoms with E-state index in [-0.39, 0.29) is 6.42 Å². The predicted octanol–water partition coefficient (Wildman–Crippen LogP) is 4.06. The molecule has 3 aromatic rings. The van der Waals surface area contributed by atoms with E-state index >= 15 is 0 Å². The van der Waals surface area contributed by atoms with Crippen LogP contribution in [0.1, 0.15) is 23.1 Å². The number of hydrazone groups is 1. The molecule has 3 aromatic carbocycles. The standard InChI is InChI=1S/C25H25N3O4/c1-18-3-9-21(10-4-18)27-24(29)15-25(30)28-26-16-19-5-13-23(14-6-19)32-17-20-7-11-22(31-2)12-8-20/h3-14,16H,15,17H2,1-2H3,(H,27,29)(H,28,30). The lowest BCUT2D eigenvalue weighted by Gasteiger charge is -2.07. The van der Waals surface area contributed by atoms with E-state index in [0.29, 0.717) is 12.3 Å². The van der Waals surface area contributed by atoms with Gasteiger partial charge in [-0.25, -0.2) is 5.43 Å². The van der Waals surface area contributed by atoms with Crippen LogP contribution in [0.25, 0.3) is 0 Å². The topological polar surface area (TPSA) is 89.0 Å². The van der Waals surface area contributed by atoms with E-state index in [1.807, 2.05) is 67.6 Å². The average molecular weight is 431 g/mol. The number of amides is 2. The zero-order chi connectivity index (χ0) is 22.8. The maximum atomic E-state index is 11.9. The molecular weight excluding hydrogens is 406 g/mol. The van der Waals surface area contributed by atoms with Crippen LogP contribution in [0, 0.1) is 6.92 Å². The van der Waals surface area contributed by atoms with Crippen LogP contribution in [-0.4, -0.2) is 25.1 Å². The van der Waals surface area contributed by atoms with Gasteiger partial charge in [-0.05, 0) is 66.6 Å². The first kappa shape index (κ1) is 22.6. The number of hydrogen-bond donors (Lipinski definition) is 2. The Bertz CT molecular complexity index is 1060. The predicted molar refractivity (Wildman–Crippen MR) is 124 cm³/mol. The Morgan fingerprint density at radius 3 is 2.19 bits per heavy atom. The van der Waals surface area contributed by atoms with E-state index in [1.165, 1.54) is 6.21 Å². The lowest BCUT2D eigenvalue weighted by molar-refractivity contribution is -0.126. The molecule has 7 heteroatoms. The first-order valence-corrected chi connectivity index (χ1v) is 10.1. The van der Waals surface area contributed by atoms with Crippen molar-refractivity contribution in [1.82, 2.24) is 5.43 Å². The smallest absolute Gasteiger partial charge is 0.249 e. The highest BCUT2D eigenvalue weighted by Gasteiger charge is 2.08. The van der Waals surface area contributed by atoms with Crippen molar-refractivity contribution >= 4 is 23.7 Å². The van der Waals surface area contributed by atoms with Crippen molar-refractivity contribution in [2.45, 2.75) is 20.0 Å². The molecule has 0 aliphatic rings. The molecule has 0 fully saturated rings. The zero-order valence-electron chi connectivity index (χ0n) is 18.0. The monoisotopic (exact) mass is 431 g/mol. The van der Waals surface area contributed by atoms with Crippen LogP contribution in [0.4, 0.5) is 5.69 Å². The maximum absolute atomic E-state index is 11.9. The molecule has 0 bridgehead atoms. The van der Waals surface area contributed by atoms with Gasteiger partial charge in [0.2, 0.25) is 11.8 Å². The summed E-state index contributed by atoms with van der Waals surface area (Å²) >= 11 is 0. The van der Waals surface area contributed by atoms with Gasteiger partial charge in [0.1, 0.15) is 24.5 Å². The van der Waals surface area contributed by atoms with Crippen molar-refractivity contribution in [2.75, 3.05) is 12.4 Å². The van der Waals surface area contributed by atoms with Gasteiger partial charge in [-0.3, -0.25) is 9.59 Å². The van der Waals surface area contributed by atoms with Gasteiger partial charge in [0.25, 0.3) is 0 Å². The van der Waals surface area contributed by atoms with E-state index < -0.39 is 11.8 Å². The molecule has 0 radical (unpaired) electrons. The summed E-state index contributed by atoms with van der Waals surface area (Å²) in [6, 6.07) is 22.3. The largest absolute Gasteiger partial charge is 0.497 e. The van der Waals surface area contributed by atoms with Crippen LogP contribution in [0.5, 0.6) is 11.5 Å². The van der Waals surface area contributed by atoms with Gasteiger partial charge in [-0.2, -0.15) is 5.10 Å². The molecule has 7 nitrogen and oxygen atoms in total. The Labute approximate surface area is 187 Å². The van der Waals surface area contributed by atoms with Crippen LogP contribution < -0.4 is 20.2 Å². The van der Waals surface area contributed by atoms with Crippen LogP contribution in [0.15, 0.2) is 77.9 Å². The summed E-state index contributed by atoms with van der Waals surface area (Å²) in [4.78, 5) is 23.8. The maximum Gasteiger partial charge on any atom is 0.249 e. The number of carbonyl (C=O) groups excluding carboxylic acids is 2. The third-order valence-corrected chi connectivity index (χ3v) is 4.50. The molecule has 0 aromatic heterocycles. The lowest BCUT2D eigenvalue weighted by atomic mass is 10.2. The highest BCUT2D eigenvalue weighted by Crippen LogP contribution is 2.16. The van der Waals surface area contributed by atoms with Gasteiger partial charge in [0, 0.05) is 5.69 Å². The van der Waals surface area contributed by atoms with Gasteiger partial charge < -0.3 is 14.8 Å². The minimum Gasteiger partial charge on any atom is -0.497 e. The Morgan fingerprint density at radius 1 is 0.875 bits per heavy atom. The minimum absolute atomic E-state index is 0.316. The third kappa shape index (κ3) is 7.28. The van der Waals surface area contributed by atoms with E-state index in [1.54, 1.807) is 19.2 Å². The highest BCUT2D eigenvalue weighted by atomic mass is 16.5. The summed E-state index contributed by atoms with van der Waals surface area (Å²) in [5.74, 6) is 0.622. The lowest BCUT2D eigenvalue weighted by Crippen LogP contribution is -2.24. The molecule has 2 amide bonds. The Morgan fingerprint density at radius 2 is 1.53 bits per heavy atom. The summed E-state index contributed by atoms with van der Waals surface area (Å²) < 4.78 is 10.9. The molecule has 0 aliphatic carbocycles. The van der Waals surface area contributed by atoms with E-state index in [9.17, 15) is 9.59 Å². The van der Waals surface area contributed by atoms with Crippen molar-refractivity contribution in [3.8, 4) is 11.5 Å². The van der Waals surface area contributed by atoms with Gasteiger partial charge in [-0.15, -0.1) is 0 Å².